The fourth-order valence-corrected chi connectivity index (χ4v) is 2.44. The second-order valence-electron chi connectivity index (χ2n) is 4.65. The van der Waals surface area contributed by atoms with E-state index in [4.69, 9.17) is 0 Å². The minimum absolute atomic E-state index is 0.695. The van der Waals surface area contributed by atoms with Crippen LogP contribution in [0.2, 0.25) is 0 Å². The summed E-state index contributed by atoms with van der Waals surface area (Å²) in [4.78, 5) is 2.41. The van der Waals surface area contributed by atoms with E-state index in [-0.39, 0.29) is 0 Å². The van der Waals surface area contributed by atoms with Crippen molar-refractivity contribution >= 4 is 16.5 Å². The molecule has 1 aromatic heterocycles. The molecule has 0 aliphatic rings. The van der Waals surface area contributed by atoms with Crippen molar-refractivity contribution < 1.29 is 0 Å². The third kappa shape index (κ3) is 5.46. The van der Waals surface area contributed by atoms with E-state index in [0.29, 0.717) is 5.92 Å². The summed E-state index contributed by atoms with van der Waals surface area (Å²) in [6.45, 7) is 12.9. The van der Waals surface area contributed by atoms with Gasteiger partial charge in [0.25, 0.3) is 0 Å². The van der Waals surface area contributed by atoms with Crippen molar-refractivity contribution in [3.8, 4) is 0 Å². The molecule has 5 heteroatoms. The second-order valence-corrected chi connectivity index (χ2v) is 5.71. The summed E-state index contributed by atoms with van der Waals surface area (Å²) < 4.78 is 0. The summed E-state index contributed by atoms with van der Waals surface area (Å²) in [5, 5.41) is 13.7. The lowest BCUT2D eigenvalue weighted by molar-refractivity contribution is 0.247. The van der Waals surface area contributed by atoms with Crippen LogP contribution in [0.3, 0.4) is 0 Å². The zero-order chi connectivity index (χ0) is 12.7. The topological polar surface area (TPSA) is 41.1 Å². The third-order valence-corrected chi connectivity index (χ3v) is 3.29. The molecule has 0 spiro atoms. The number of hydrogen-bond acceptors (Lipinski definition) is 5. The predicted octanol–water partition coefficient (Wildman–Crippen LogP) is 2.84. The first kappa shape index (κ1) is 14.4. The van der Waals surface area contributed by atoms with Crippen LogP contribution in [0.15, 0.2) is 0 Å². The fraction of sp³-hybridized carbons (Fsp3) is 0.833. The van der Waals surface area contributed by atoms with Crippen molar-refractivity contribution in [3.63, 3.8) is 0 Å². The molecule has 0 bridgehead atoms. The second kappa shape index (κ2) is 7.61. The molecule has 0 amide bonds. The highest BCUT2D eigenvalue weighted by Gasteiger charge is 2.10. The SMILES string of the molecule is CCCNc1nnc(CN(CC)CC(C)C)s1. The Morgan fingerprint density at radius 3 is 2.65 bits per heavy atom. The molecule has 0 unspecified atom stereocenters. The van der Waals surface area contributed by atoms with Crippen molar-refractivity contribution in [2.24, 2.45) is 5.92 Å². The zero-order valence-corrected chi connectivity index (χ0v) is 12.2. The molecular formula is C12H24N4S. The zero-order valence-electron chi connectivity index (χ0n) is 11.4. The van der Waals surface area contributed by atoms with E-state index in [9.17, 15) is 0 Å². The first-order valence-electron chi connectivity index (χ1n) is 6.44. The maximum absolute atomic E-state index is 4.23. The summed E-state index contributed by atoms with van der Waals surface area (Å²) in [6, 6.07) is 0. The highest BCUT2D eigenvalue weighted by Crippen LogP contribution is 2.17. The fourth-order valence-electron chi connectivity index (χ4n) is 1.63. The molecule has 0 saturated carbocycles. The molecule has 98 valence electrons. The molecule has 0 aliphatic carbocycles. The maximum atomic E-state index is 4.23. The summed E-state index contributed by atoms with van der Waals surface area (Å²) in [7, 11) is 0. The Hall–Kier alpha value is -0.680. The van der Waals surface area contributed by atoms with E-state index in [1.165, 1.54) is 0 Å². The highest BCUT2D eigenvalue weighted by atomic mass is 32.1. The van der Waals surface area contributed by atoms with E-state index in [2.05, 4.69) is 48.1 Å². The van der Waals surface area contributed by atoms with Crippen LogP contribution in [0.25, 0.3) is 0 Å². The van der Waals surface area contributed by atoms with Crippen LogP contribution in [-0.4, -0.2) is 34.7 Å². The van der Waals surface area contributed by atoms with E-state index in [0.717, 1.165) is 42.7 Å². The van der Waals surface area contributed by atoms with Crippen LogP contribution in [0, 0.1) is 5.92 Å². The number of nitrogens with zero attached hydrogens (tertiary/aromatic N) is 3. The van der Waals surface area contributed by atoms with E-state index in [1.807, 2.05) is 0 Å². The standard InChI is InChI=1S/C12H24N4S/c1-5-7-13-12-15-14-11(17-12)9-16(6-2)8-10(3)4/h10H,5-9H2,1-4H3,(H,13,15). The first-order chi connectivity index (χ1) is 8.15. The molecule has 4 nitrogen and oxygen atoms in total. The molecule has 0 fully saturated rings. The van der Waals surface area contributed by atoms with Gasteiger partial charge in [-0.15, -0.1) is 10.2 Å². The molecule has 1 heterocycles. The quantitative estimate of drug-likeness (QED) is 0.776. The molecule has 17 heavy (non-hydrogen) atoms. The Kier molecular flexibility index (Phi) is 6.44. The van der Waals surface area contributed by atoms with E-state index in [1.54, 1.807) is 11.3 Å². The van der Waals surface area contributed by atoms with Crippen molar-refractivity contribution in [1.29, 1.82) is 0 Å². The highest BCUT2D eigenvalue weighted by molar-refractivity contribution is 7.15. The lowest BCUT2D eigenvalue weighted by Crippen LogP contribution is -2.26. The van der Waals surface area contributed by atoms with Gasteiger partial charge in [-0.05, 0) is 18.9 Å². The van der Waals surface area contributed by atoms with Gasteiger partial charge < -0.3 is 5.32 Å². The average molecular weight is 256 g/mol. The van der Waals surface area contributed by atoms with Gasteiger partial charge in [-0.25, -0.2) is 0 Å². The van der Waals surface area contributed by atoms with Crippen LogP contribution in [0.5, 0.6) is 0 Å². The summed E-state index contributed by atoms with van der Waals surface area (Å²) >= 11 is 1.67. The number of nitrogens with one attached hydrogen (secondary N) is 1. The number of anilines is 1. The van der Waals surface area contributed by atoms with Gasteiger partial charge in [-0.1, -0.05) is 39.0 Å². The maximum Gasteiger partial charge on any atom is 0.205 e. The van der Waals surface area contributed by atoms with Crippen LogP contribution < -0.4 is 5.32 Å². The molecule has 0 radical (unpaired) electrons. The molecule has 1 rings (SSSR count). The van der Waals surface area contributed by atoms with Crippen molar-refractivity contribution in [1.82, 2.24) is 15.1 Å². The molecular weight excluding hydrogens is 232 g/mol. The lowest BCUT2D eigenvalue weighted by atomic mass is 10.2. The third-order valence-electron chi connectivity index (χ3n) is 2.42. The van der Waals surface area contributed by atoms with Crippen LogP contribution in [0.1, 0.15) is 39.1 Å². The molecule has 1 N–H and O–H groups in total. The Bertz CT molecular complexity index is 311. The van der Waals surface area contributed by atoms with Crippen LogP contribution in [0.4, 0.5) is 5.13 Å². The van der Waals surface area contributed by atoms with Gasteiger partial charge in [0.15, 0.2) is 0 Å². The number of hydrogen-bond donors (Lipinski definition) is 1. The Balaban J connectivity index is 2.46. The largest absolute Gasteiger partial charge is 0.360 e. The molecule has 0 saturated heterocycles. The summed E-state index contributed by atoms with van der Waals surface area (Å²) in [6.07, 6.45) is 1.11. The molecule has 0 aromatic carbocycles. The number of aromatic nitrogens is 2. The van der Waals surface area contributed by atoms with Gasteiger partial charge in [0.05, 0.1) is 6.54 Å². The van der Waals surface area contributed by atoms with Gasteiger partial charge in [-0.3, -0.25) is 4.90 Å². The van der Waals surface area contributed by atoms with Crippen molar-refractivity contribution in [2.45, 2.75) is 40.7 Å². The molecule has 0 atom stereocenters. The van der Waals surface area contributed by atoms with E-state index >= 15 is 0 Å². The monoisotopic (exact) mass is 256 g/mol. The Labute approximate surface area is 108 Å². The minimum atomic E-state index is 0.695. The van der Waals surface area contributed by atoms with Crippen LogP contribution in [-0.2, 0) is 6.54 Å². The Morgan fingerprint density at radius 2 is 2.06 bits per heavy atom. The molecule has 0 aliphatic heterocycles. The summed E-state index contributed by atoms with van der Waals surface area (Å²) in [5.74, 6) is 0.695. The predicted molar refractivity (Wildman–Crippen MR) is 74.5 cm³/mol. The van der Waals surface area contributed by atoms with Gasteiger partial charge in [0, 0.05) is 13.1 Å². The number of rotatable bonds is 8. The minimum Gasteiger partial charge on any atom is -0.360 e. The van der Waals surface area contributed by atoms with Gasteiger partial charge >= 0.3 is 0 Å². The van der Waals surface area contributed by atoms with Gasteiger partial charge in [0.2, 0.25) is 5.13 Å². The van der Waals surface area contributed by atoms with E-state index < -0.39 is 0 Å². The molecule has 1 aromatic rings. The van der Waals surface area contributed by atoms with Crippen molar-refractivity contribution in [3.05, 3.63) is 5.01 Å². The normalized spacial score (nSPS) is 11.4. The smallest absolute Gasteiger partial charge is 0.205 e. The summed E-state index contributed by atoms with van der Waals surface area (Å²) in [5.41, 5.74) is 0. The van der Waals surface area contributed by atoms with Gasteiger partial charge in [-0.2, -0.15) is 0 Å². The van der Waals surface area contributed by atoms with Crippen molar-refractivity contribution in [2.75, 3.05) is 25.0 Å². The first-order valence-corrected chi connectivity index (χ1v) is 7.25. The average Bonchev–Trinajstić information content (AvgIpc) is 2.72. The Morgan fingerprint density at radius 1 is 1.29 bits per heavy atom. The lowest BCUT2D eigenvalue weighted by Gasteiger charge is -2.20. The van der Waals surface area contributed by atoms with Gasteiger partial charge in [0.1, 0.15) is 5.01 Å². The van der Waals surface area contributed by atoms with Crippen LogP contribution >= 0.6 is 11.3 Å².